The van der Waals surface area contributed by atoms with E-state index < -0.39 is 17.6 Å². The molecular formula is C19H19ClFN7O3. The number of rotatable bonds is 6. The molecule has 162 valence electrons. The lowest BCUT2D eigenvalue weighted by atomic mass is 10.1. The molecule has 2 heterocycles. The molecule has 10 nitrogen and oxygen atoms in total. The largest absolute Gasteiger partial charge is 0.384 e. The number of nitrogens with zero attached hydrogens (tertiary/aromatic N) is 3. The number of amides is 2. The lowest BCUT2D eigenvalue weighted by Gasteiger charge is -2.20. The van der Waals surface area contributed by atoms with Crippen LogP contribution in [0.25, 0.3) is 10.9 Å². The molecule has 0 saturated carbocycles. The summed E-state index contributed by atoms with van der Waals surface area (Å²) >= 11 is 5.85. The maximum atomic E-state index is 13.9. The highest BCUT2D eigenvalue weighted by Gasteiger charge is 2.19. The van der Waals surface area contributed by atoms with Crippen LogP contribution in [0.1, 0.15) is 39.2 Å². The number of aromatic nitrogens is 2. The molecular weight excluding hydrogens is 429 g/mol. The Bertz CT molecular complexity index is 1220. The zero-order valence-corrected chi connectivity index (χ0v) is 17.3. The van der Waals surface area contributed by atoms with Crippen molar-refractivity contribution in [3.8, 4) is 0 Å². The molecule has 0 aliphatic carbocycles. The molecule has 3 rings (SSSR count). The number of fused-ring (bicyclic) bond motifs is 1. The third-order valence-corrected chi connectivity index (χ3v) is 4.71. The zero-order chi connectivity index (χ0) is 22.9. The van der Waals surface area contributed by atoms with Crippen LogP contribution in [0.15, 0.2) is 40.3 Å². The molecule has 0 fully saturated rings. The van der Waals surface area contributed by atoms with Crippen LogP contribution < -0.4 is 22.6 Å². The van der Waals surface area contributed by atoms with E-state index in [1.54, 1.807) is 19.9 Å². The van der Waals surface area contributed by atoms with Gasteiger partial charge in [0.05, 0.1) is 34.0 Å². The number of benzene rings is 1. The Labute approximate surface area is 180 Å². The van der Waals surface area contributed by atoms with E-state index in [9.17, 15) is 14.0 Å². The third-order valence-electron chi connectivity index (χ3n) is 4.42. The molecule has 0 radical (unpaired) electrons. The minimum absolute atomic E-state index is 0.0223. The van der Waals surface area contributed by atoms with Gasteiger partial charge in [-0.25, -0.2) is 15.2 Å². The van der Waals surface area contributed by atoms with E-state index in [-0.39, 0.29) is 39.5 Å². The first-order chi connectivity index (χ1) is 14.6. The number of aryl methyl sites for hydroxylation is 1. The first-order valence-corrected chi connectivity index (χ1v) is 9.26. The number of hydrazine groups is 1. The van der Waals surface area contributed by atoms with Gasteiger partial charge in [-0.3, -0.25) is 9.59 Å². The number of hydrogen-bond acceptors (Lipinski definition) is 8. The van der Waals surface area contributed by atoms with Gasteiger partial charge in [0.1, 0.15) is 17.3 Å². The maximum absolute atomic E-state index is 13.9. The minimum Gasteiger partial charge on any atom is -0.384 e. The Morgan fingerprint density at radius 3 is 2.58 bits per heavy atom. The van der Waals surface area contributed by atoms with E-state index in [1.165, 1.54) is 17.1 Å². The van der Waals surface area contributed by atoms with Crippen LogP contribution in [-0.2, 0) is 6.54 Å². The number of halogens is 2. The van der Waals surface area contributed by atoms with Crippen LogP contribution in [0.3, 0.4) is 0 Å². The van der Waals surface area contributed by atoms with Gasteiger partial charge in [-0.2, -0.15) is 0 Å². The zero-order valence-electron chi connectivity index (χ0n) is 16.6. The summed E-state index contributed by atoms with van der Waals surface area (Å²) in [6.07, 6.45) is 0. The molecule has 0 bridgehead atoms. The molecule has 31 heavy (non-hydrogen) atoms. The number of carbonyl (C=O) groups excluding carboxylic acids is 2. The summed E-state index contributed by atoms with van der Waals surface area (Å²) in [5.74, 6) is 4.10. The average Bonchev–Trinajstić information content (AvgIpc) is 3.11. The van der Waals surface area contributed by atoms with Crippen LogP contribution in [-0.4, -0.2) is 27.0 Å². The predicted octanol–water partition coefficient (Wildman–Crippen LogP) is 1.68. The second kappa shape index (κ2) is 8.58. The molecule has 3 aromatic rings. The molecule has 2 amide bonds. The molecule has 2 aromatic heterocycles. The second-order valence-electron chi connectivity index (χ2n) is 6.72. The molecule has 0 unspecified atom stereocenters. The lowest BCUT2D eigenvalue weighted by molar-refractivity contribution is 0.0965. The second-order valence-corrected chi connectivity index (χ2v) is 7.13. The summed E-state index contributed by atoms with van der Waals surface area (Å²) < 4.78 is 19.0. The maximum Gasteiger partial charge on any atom is 0.267 e. The van der Waals surface area contributed by atoms with Crippen molar-refractivity contribution in [3.63, 3.8) is 0 Å². The van der Waals surface area contributed by atoms with Crippen molar-refractivity contribution >= 4 is 34.3 Å². The first kappa shape index (κ1) is 22.0. The van der Waals surface area contributed by atoms with Gasteiger partial charge in [0, 0.05) is 17.5 Å². The van der Waals surface area contributed by atoms with Gasteiger partial charge < -0.3 is 26.3 Å². The van der Waals surface area contributed by atoms with E-state index in [1.807, 2.05) is 0 Å². The fourth-order valence-corrected chi connectivity index (χ4v) is 2.91. The van der Waals surface area contributed by atoms with Crippen molar-refractivity contribution in [1.82, 2.24) is 20.5 Å². The lowest BCUT2D eigenvalue weighted by Crippen LogP contribution is -2.36. The third kappa shape index (κ3) is 4.73. The average molecular weight is 448 g/mol. The van der Waals surface area contributed by atoms with E-state index in [2.05, 4.69) is 15.5 Å². The van der Waals surface area contributed by atoms with Crippen LogP contribution in [0, 0.1) is 12.7 Å². The Morgan fingerprint density at radius 1 is 1.26 bits per heavy atom. The molecule has 1 aromatic carbocycles. The Morgan fingerprint density at radius 2 is 1.97 bits per heavy atom. The SMILES string of the molecule is C/C(=C(/N)NC(=O)c1cc(C(N)=O)nc2cc(F)c(Cl)cc12)N(N)Cc1cc(C)no1. The normalized spacial score (nSPS) is 11.9. The summed E-state index contributed by atoms with van der Waals surface area (Å²) in [5.41, 5.74) is 12.1. The first-order valence-electron chi connectivity index (χ1n) is 8.88. The van der Waals surface area contributed by atoms with E-state index in [0.717, 1.165) is 6.07 Å². The molecule has 0 aliphatic heterocycles. The number of pyridine rings is 1. The van der Waals surface area contributed by atoms with Gasteiger partial charge in [0.25, 0.3) is 11.8 Å². The summed E-state index contributed by atoms with van der Waals surface area (Å²) in [6.45, 7) is 3.51. The topological polar surface area (TPSA) is 166 Å². The molecule has 0 saturated heterocycles. The molecule has 0 spiro atoms. The number of nitrogens with one attached hydrogen (secondary N) is 1. The quantitative estimate of drug-likeness (QED) is 0.327. The fourth-order valence-electron chi connectivity index (χ4n) is 2.75. The predicted molar refractivity (Wildman–Crippen MR) is 111 cm³/mol. The smallest absolute Gasteiger partial charge is 0.267 e. The standard InChI is InChI=1S/C19H19ClFN7O3/c1-8-3-10(31-27-8)7-28(24)9(2)17(22)26-19(30)12-5-16(18(23)29)25-15-6-14(21)13(20)4-11(12)15/h3-6H,7,22,24H2,1-2H3,(H2,23,29)(H,26,30)/b17-9+. The molecule has 7 N–H and O–H groups in total. The molecule has 0 aliphatic rings. The number of nitrogens with two attached hydrogens (primary N) is 3. The number of allylic oxidation sites excluding steroid dienone is 1. The summed E-state index contributed by atoms with van der Waals surface area (Å²) in [4.78, 5) is 28.5. The van der Waals surface area contributed by atoms with Crippen molar-refractivity contribution in [2.24, 2.45) is 17.3 Å². The van der Waals surface area contributed by atoms with Gasteiger partial charge in [0.2, 0.25) is 0 Å². The van der Waals surface area contributed by atoms with E-state index in [0.29, 0.717) is 17.2 Å². The van der Waals surface area contributed by atoms with Crippen LogP contribution in [0.2, 0.25) is 5.02 Å². The van der Waals surface area contributed by atoms with Crippen molar-refractivity contribution < 1.29 is 18.5 Å². The minimum atomic E-state index is -0.888. The fraction of sp³-hybridized carbons (Fsp3) is 0.158. The monoisotopic (exact) mass is 447 g/mol. The molecule has 0 atom stereocenters. The van der Waals surface area contributed by atoms with Gasteiger partial charge in [0.15, 0.2) is 5.76 Å². The van der Waals surface area contributed by atoms with Gasteiger partial charge >= 0.3 is 0 Å². The Hall–Kier alpha value is -3.70. The van der Waals surface area contributed by atoms with Crippen LogP contribution >= 0.6 is 11.6 Å². The summed E-state index contributed by atoms with van der Waals surface area (Å²) in [5, 5.41) is 7.52. The number of carbonyl (C=O) groups is 2. The highest BCUT2D eigenvalue weighted by molar-refractivity contribution is 6.31. The van der Waals surface area contributed by atoms with Crippen molar-refractivity contribution in [3.05, 3.63) is 69.3 Å². The highest BCUT2D eigenvalue weighted by atomic mass is 35.5. The van der Waals surface area contributed by atoms with Crippen LogP contribution in [0.5, 0.6) is 0 Å². The van der Waals surface area contributed by atoms with Gasteiger partial charge in [-0.15, -0.1) is 0 Å². The van der Waals surface area contributed by atoms with Crippen molar-refractivity contribution in [2.45, 2.75) is 20.4 Å². The Kier molecular flexibility index (Phi) is 6.09. The number of primary amides is 1. The Balaban J connectivity index is 1.93. The van der Waals surface area contributed by atoms with Gasteiger partial charge in [-0.05, 0) is 26.0 Å². The van der Waals surface area contributed by atoms with Gasteiger partial charge in [-0.1, -0.05) is 16.8 Å². The van der Waals surface area contributed by atoms with Crippen molar-refractivity contribution in [2.75, 3.05) is 0 Å². The molecule has 12 heteroatoms. The van der Waals surface area contributed by atoms with E-state index in [4.69, 9.17) is 33.4 Å². The van der Waals surface area contributed by atoms with E-state index >= 15 is 0 Å². The summed E-state index contributed by atoms with van der Waals surface area (Å²) in [6, 6.07) is 5.12. The summed E-state index contributed by atoms with van der Waals surface area (Å²) in [7, 11) is 0. The highest BCUT2D eigenvalue weighted by Crippen LogP contribution is 2.25. The van der Waals surface area contributed by atoms with Crippen LogP contribution in [0.4, 0.5) is 4.39 Å². The van der Waals surface area contributed by atoms with Crippen molar-refractivity contribution in [1.29, 1.82) is 0 Å². The number of hydrogen-bond donors (Lipinski definition) is 4.